The largest absolute Gasteiger partial charge is 0.496 e. The van der Waals surface area contributed by atoms with Crippen molar-refractivity contribution in [1.29, 1.82) is 0 Å². The first-order valence-corrected chi connectivity index (χ1v) is 7.05. The number of hydrogen-bond acceptors (Lipinski definition) is 2. The van der Waals surface area contributed by atoms with Crippen LogP contribution in [0.1, 0.15) is 45.1 Å². The van der Waals surface area contributed by atoms with Gasteiger partial charge in [-0.15, -0.1) is 0 Å². The highest BCUT2D eigenvalue weighted by Crippen LogP contribution is 2.44. The van der Waals surface area contributed by atoms with Crippen LogP contribution in [0, 0.1) is 0 Å². The lowest BCUT2D eigenvalue weighted by Gasteiger charge is -2.32. The summed E-state index contributed by atoms with van der Waals surface area (Å²) in [6.07, 6.45) is 5.20. The molecule has 1 N–H and O–H groups in total. The fourth-order valence-corrected chi connectivity index (χ4v) is 3.08. The van der Waals surface area contributed by atoms with Crippen molar-refractivity contribution in [1.82, 2.24) is 5.32 Å². The molecule has 1 aromatic rings. The summed E-state index contributed by atoms with van der Waals surface area (Å²) in [7, 11) is 1.78. The number of nitrogens with one attached hydrogen (secondary N) is 1. The molecule has 18 heavy (non-hydrogen) atoms. The van der Waals surface area contributed by atoms with Crippen LogP contribution in [0.2, 0.25) is 0 Å². The molecular formula is C16H25NO. The number of para-hydroxylation sites is 1. The Balaban J connectivity index is 2.28. The van der Waals surface area contributed by atoms with Crippen LogP contribution in [-0.4, -0.2) is 19.7 Å². The molecule has 0 aromatic heterocycles. The monoisotopic (exact) mass is 247 g/mol. The Bertz CT molecular complexity index is 380. The van der Waals surface area contributed by atoms with Crippen molar-refractivity contribution in [3.05, 3.63) is 29.8 Å². The van der Waals surface area contributed by atoms with Crippen molar-refractivity contribution < 1.29 is 4.74 Å². The smallest absolute Gasteiger partial charge is 0.122 e. The molecule has 2 nitrogen and oxygen atoms in total. The minimum absolute atomic E-state index is 0.275. The van der Waals surface area contributed by atoms with E-state index >= 15 is 0 Å². The topological polar surface area (TPSA) is 21.3 Å². The zero-order valence-electron chi connectivity index (χ0n) is 11.8. The van der Waals surface area contributed by atoms with Gasteiger partial charge in [0.1, 0.15) is 5.75 Å². The SMILES string of the molecule is COc1ccccc1C1(CNC(C)C)CCCC1. The van der Waals surface area contributed by atoms with Gasteiger partial charge < -0.3 is 10.1 Å². The van der Waals surface area contributed by atoms with Gasteiger partial charge in [-0.3, -0.25) is 0 Å². The molecule has 0 spiro atoms. The number of benzene rings is 1. The zero-order chi connectivity index (χ0) is 13.0. The number of rotatable bonds is 5. The summed E-state index contributed by atoms with van der Waals surface area (Å²) in [5.74, 6) is 1.05. The van der Waals surface area contributed by atoms with Gasteiger partial charge in [-0.2, -0.15) is 0 Å². The Morgan fingerprint density at radius 1 is 1.22 bits per heavy atom. The molecular weight excluding hydrogens is 222 g/mol. The lowest BCUT2D eigenvalue weighted by molar-refractivity contribution is 0.353. The Morgan fingerprint density at radius 3 is 2.50 bits per heavy atom. The summed E-state index contributed by atoms with van der Waals surface area (Å²) in [6.45, 7) is 5.49. The summed E-state index contributed by atoms with van der Waals surface area (Å²) in [5, 5.41) is 3.62. The molecule has 1 aromatic carbocycles. The van der Waals surface area contributed by atoms with Crippen LogP contribution in [0.3, 0.4) is 0 Å². The molecule has 0 amide bonds. The zero-order valence-corrected chi connectivity index (χ0v) is 11.8. The predicted molar refractivity (Wildman–Crippen MR) is 76.3 cm³/mol. The number of methoxy groups -OCH3 is 1. The van der Waals surface area contributed by atoms with Crippen molar-refractivity contribution in [3.63, 3.8) is 0 Å². The second kappa shape index (κ2) is 5.75. The fraction of sp³-hybridized carbons (Fsp3) is 0.625. The highest BCUT2D eigenvalue weighted by Gasteiger charge is 2.37. The van der Waals surface area contributed by atoms with E-state index in [2.05, 4.69) is 43.4 Å². The summed E-state index contributed by atoms with van der Waals surface area (Å²) in [4.78, 5) is 0. The van der Waals surface area contributed by atoms with Crippen LogP contribution in [0.25, 0.3) is 0 Å². The molecule has 2 rings (SSSR count). The minimum Gasteiger partial charge on any atom is -0.496 e. The van der Waals surface area contributed by atoms with E-state index in [1.165, 1.54) is 31.2 Å². The van der Waals surface area contributed by atoms with Gasteiger partial charge in [-0.25, -0.2) is 0 Å². The molecule has 1 saturated carbocycles. The Labute approximate surface area is 111 Å². The lowest BCUT2D eigenvalue weighted by Crippen LogP contribution is -2.39. The molecule has 1 fully saturated rings. The molecule has 1 aliphatic rings. The van der Waals surface area contributed by atoms with E-state index in [4.69, 9.17) is 4.74 Å². The first-order chi connectivity index (χ1) is 8.68. The van der Waals surface area contributed by atoms with Gasteiger partial charge in [0.15, 0.2) is 0 Å². The van der Waals surface area contributed by atoms with Gasteiger partial charge >= 0.3 is 0 Å². The van der Waals surface area contributed by atoms with E-state index < -0.39 is 0 Å². The van der Waals surface area contributed by atoms with Crippen LogP contribution >= 0.6 is 0 Å². The summed E-state index contributed by atoms with van der Waals surface area (Å²) in [5.41, 5.74) is 1.66. The first-order valence-electron chi connectivity index (χ1n) is 7.05. The molecule has 0 radical (unpaired) electrons. The quantitative estimate of drug-likeness (QED) is 0.859. The number of hydrogen-bond donors (Lipinski definition) is 1. The fourth-order valence-electron chi connectivity index (χ4n) is 3.08. The Hall–Kier alpha value is -1.02. The maximum atomic E-state index is 5.56. The van der Waals surface area contributed by atoms with Gasteiger partial charge in [0.25, 0.3) is 0 Å². The molecule has 0 heterocycles. The molecule has 100 valence electrons. The van der Waals surface area contributed by atoms with E-state index in [0.717, 1.165) is 12.3 Å². The third-order valence-corrected chi connectivity index (χ3v) is 4.09. The van der Waals surface area contributed by atoms with Gasteiger partial charge in [0.2, 0.25) is 0 Å². The summed E-state index contributed by atoms with van der Waals surface area (Å²) in [6, 6.07) is 9.06. The van der Waals surface area contributed by atoms with Gasteiger partial charge in [0.05, 0.1) is 7.11 Å². The standard InChI is InChI=1S/C16H25NO/c1-13(2)17-12-16(10-6-7-11-16)14-8-4-5-9-15(14)18-3/h4-5,8-9,13,17H,6-7,10-12H2,1-3H3. The van der Waals surface area contributed by atoms with E-state index in [9.17, 15) is 0 Å². The summed E-state index contributed by atoms with van der Waals surface area (Å²) < 4.78 is 5.56. The average Bonchev–Trinajstić information content (AvgIpc) is 2.86. The number of ether oxygens (including phenoxy) is 1. The lowest BCUT2D eigenvalue weighted by atomic mass is 9.78. The van der Waals surface area contributed by atoms with Crippen molar-refractivity contribution in [2.75, 3.05) is 13.7 Å². The molecule has 0 aliphatic heterocycles. The van der Waals surface area contributed by atoms with Gasteiger partial charge in [0, 0.05) is 23.6 Å². The average molecular weight is 247 g/mol. The highest BCUT2D eigenvalue weighted by molar-refractivity contribution is 5.40. The Kier molecular flexibility index (Phi) is 4.28. The van der Waals surface area contributed by atoms with E-state index in [1.807, 2.05) is 0 Å². The van der Waals surface area contributed by atoms with Crippen LogP contribution in [0.4, 0.5) is 0 Å². The van der Waals surface area contributed by atoms with E-state index in [-0.39, 0.29) is 5.41 Å². The second-order valence-electron chi connectivity index (χ2n) is 5.72. The molecule has 0 unspecified atom stereocenters. The molecule has 1 aliphatic carbocycles. The van der Waals surface area contributed by atoms with Gasteiger partial charge in [-0.05, 0) is 18.9 Å². The second-order valence-corrected chi connectivity index (χ2v) is 5.72. The molecule has 0 atom stereocenters. The highest BCUT2D eigenvalue weighted by atomic mass is 16.5. The van der Waals surface area contributed by atoms with Crippen molar-refractivity contribution in [3.8, 4) is 5.75 Å². The van der Waals surface area contributed by atoms with Crippen molar-refractivity contribution in [2.45, 2.75) is 51.0 Å². The molecule has 2 heteroatoms. The molecule has 0 bridgehead atoms. The van der Waals surface area contributed by atoms with Crippen LogP contribution < -0.4 is 10.1 Å². The third kappa shape index (κ3) is 2.69. The third-order valence-electron chi connectivity index (χ3n) is 4.09. The predicted octanol–water partition coefficient (Wildman–Crippen LogP) is 3.51. The van der Waals surface area contributed by atoms with E-state index in [0.29, 0.717) is 6.04 Å². The van der Waals surface area contributed by atoms with Crippen molar-refractivity contribution >= 4 is 0 Å². The van der Waals surface area contributed by atoms with Crippen LogP contribution in [0.5, 0.6) is 5.75 Å². The van der Waals surface area contributed by atoms with E-state index in [1.54, 1.807) is 7.11 Å². The van der Waals surface area contributed by atoms with Crippen LogP contribution in [0.15, 0.2) is 24.3 Å². The first kappa shape index (κ1) is 13.4. The maximum Gasteiger partial charge on any atom is 0.122 e. The van der Waals surface area contributed by atoms with Crippen LogP contribution in [-0.2, 0) is 5.41 Å². The maximum absolute atomic E-state index is 5.56. The normalized spacial score (nSPS) is 18.2. The summed E-state index contributed by atoms with van der Waals surface area (Å²) >= 11 is 0. The molecule has 0 saturated heterocycles. The minimum atomic E-state index is 0.275. The van der Waals surface area contributed by atoms with Crippen molar-refractivity contribution in [2.24, 2.45) is 0 Å². The van der Waals surface area contributed by atoms with Gasteiger partial charge in [-0.1, -0.05) is 44.9 Å². The Morgan fingerprint density at radius 2 is 1.89 bits per heavy atom.